The summed E-state index contributed by atoms with van der Waals surface area (Å²) in [5.74, 6) is -0.0794. The molecule has 0 aliphatic carbocycles. The van der Waals surface area contributed by atoms with E-state index in [1.165, 1.54) is 5.56 Å². The van der Waals surface area contributed by atoms with Gasteiger partial charge in [-0.1, -0.05) is 29.8 Å². The van der Waals surface area contributed by atoms with E-state index in [0.29, 0.717) is 19.4 Å². The third kappa shape index (κ3) is 5.06. The monoisotopic (exact) mass is 317 g/mol. The van der Waals surface area contributed by atoms with Crippen LogP contribution in [0.5, 0.6) is 0 Å². The van der Waals surface area contributed by atoms with Crippen LogP contribution in [0.1, 0.15) is 31.4 Å². The quantitative estimate of drug-likeness (QED) is 0.859. The summed E-state index contributed by atoms with van der Waals surface area (Å²) >= 11 is 0. The van der Waals surface area contributed by atoms with Crippen LogP contribution in [-0.2, 0) is 16.0 Å². The number of aryl methyl sites for hydroxylation is 2. The molecule has 1 saturated heterocycles. The Morgan fingerprint density at radius 3 is 2.65 bits per heavy atom. The first kappa shape index (κ1) is 17.5. The molecule has 0 saturated carbocycles. The van der Waals surface area contributed by atoms with E-state index in [2.05, 4.69) is 17.6 Å². The van der Waals surface area contributed by atoms with Crippen molar-refractivity contribution in [1.29, 1.82) is 0 Å². The van der Waals surface area contributed by atoms with E-state index in [-0.39, 0.29) is 30.4 Å². The number of piperazine rings is 1. The lowest BCUT2D eigenvalue weighted by Crippen LogP contribution is -2.58. The summed E-state index contributed by atoms with van der Waals surface area (Å²) < 4.78 is 0. The Labute approximate surface area is 138 Å². The van der Waals surface area contributed by atoms with Crippen LogP contribution in [-0.4, -0.2) is 48.4 Å². The van der Waals surface area contributed by atoms with Crippen molar-refractivity contribution < 1.29 is 9.59 Å². The minimum Gasteiger partial charge on any atom is -0.347 e. The van der Waals surface area contributed by atoms with E-state index in [0.717, 1.165) is 12.1 Å². The maximum absolute atomic E-state index is 12.3. The summed E-state index contributed by atoms with van der Waals surface area (Å²) in [6.45, 7) is 7.74. The maximum Gasteiger partial charge on any atom is 0.242 e. The molecule has 0 bridgehead atoms. The zero-order chi connectivity index (χ0) is 16.8. The maximum atomic E-state index is 12.3. The lowest BCUT2D eigenvalue weighted by Gasteiger charge is -2.38. The molecule has 1 aliphatic rings. The molecule has 1 aliphatic heterocycles. The van der Waals surface area contributed by atoms with Gasteiger partial charge >= 0.3 is 0 Å². The van der Waals surface area contributed by atoms with Gasteiger partial charge in [0.05, 0.1) is 6.54 Å². The molecular weight excluding hydrogens is 290 g/mol. The van der Waals surface area contributed by atoms with Crippen LogP contribution < -0.4 is 10.6 Å². The van der Waals surface area contributed by atoms with Crippen molar-refractivity contribution in [3.63, 3.8) is 0 Å². The molecule has 2 N–H and O–H groups in total. The molecule has 1 aromatic carbocycles. The predicted molar refractivity (Wildman–Crippen MR) is 91.1 cm³/mol. The summed E-state index contributed by atoms with van der Waals surface area (Å²) in [6, 6.07) is 8.60. The molecule has 0 aromatic heterocycles. The lowest BCUT2D eigenvalue weighted by atomic mass is 10.1. The number of carbonyl (C=O) groups is 2. The molecule has 2 unspecified atom stereocenters. The molecule has 0 spiro atoms. The minimum atomic E-state index is -0.0743. The Balaban J connectivity index is 1.73. The highest BCUT2D eigenvalue weighted by Crippen LogP contribution is 2.09. The van der Waals surface area contributed by atoms with Gasteiger partial charge in [0.15, 0.2) is 0 Å². The van der Waals surface area contributed by atoms with Gasteiger partial charge in [0.2, 0.25) is 11.8 Å². The zero-order valence-corrected chi connectivity index (χ0v) is 14.3. The van der Waals surface area contributed by atoms with E-state index in [1.807, 2.05) is 43.0 Å². The van der Waals surface area contributed by atoms with Gasteiger partial charge in [0.1, 0.15) is 0 Å². The van der Waals surface area contributed by atoms with Crippen LogP contribution in [0.15, 0.2) is 24.3 Å². The van der Waals surface area contributed by atoms with E-state index in [9.17, 15) is 9.59 Å². The van der Waals surface area contributed by atoms with Crippen LogP contribution in [0, 0.1) is 6.92 Å². The van der Waals surface area contributed by atoms with Crippen molar-refractivity contribution in [2.24, 2.45) is 0 Å². The van der Waals surface area contributed by atoms with Gasteiger partial charge in [-0.3, -0.25) is 9.59 Å². The lowest BCUT2D eigenvalue weighted by molar-refractivity contribution is -0.135. The molecule has 1 aromatic rings. The fourth-order valence-electron chi connectivity index (χ4n) is 2.79. The van der Waals surface area contributed by atoms with Crippen molar-refractivity contribution in [3.05, 3.63) is 35.4 Å². The average molecular weight is 317 g/mol. The third-order valence-electron chi connectivity index (χ3n) is 4.55. The highest BCUT2D eigenvalue weighted by Gasteiger charge is 2.27. The molecule has 23 heavy (non-hydrogen) atoms. The topological polar surface area (TPSA) is 61.4 Å². The largest absolute Gasteiger partial charge is 0.347 e. The van der Waals surface area contributed by atoms with Crippen molar-refractivity contribution in [1.82, 2.24) is 15.5 Å². The van der Waals surface area contributed by atoms with Crippen LogP contribution in [0.3, 0.4) is 0 Å². The molecule has 2 atom stereocenters. The molecule has 0 radical (unpaired) electrons. The van der Waals surface area contributed by atoms with Crippen LogP contribution in [0.2, 0.25) is 0 Å². The smallest absolute Gasteiger partial charge is 0.242 e. The number of nitrogens with one attached hydrogen (secondary N) is 2. The fourth-order valence-corrected chi connectivity index (χ4v) is 2.79. The molecule has 1 fully saturated rings. The highest BCUT2D eigenvalue weighted by atomic mass is 16.2. The molecular formula is C18H27N3O2. The minimum absolute atomic E-state index is 0.00506. The molecule has 5 heteroatoms. The van der Waals surface area contributed by atoms with Crippen molar-refractivity contribution >= 4 is 11.8 Å². The second-order valence-corrected chi connectivity index (χ2v) is 6.33. The molecule has 5 nitrogen and oxygen atoms in total. The number of benzene rings is 1. The molecule has 2 rings (SSSR count). The Bertz CT molecular complexity index is 542. The van der Waals surface area contributed by atoms with Gasteiger partial charge < -0.3 is 15.5 Å². The number of hydrogen-bond acceptors (Lipinski definition) is 3. The Morgan fingerprint density at radius 2 is 1.96 bits per heavy atom. The second-order valence-electron chi connectivity index (χ2n) is 6.33. The summed E-state index contributed by atoms with van der Waals surface area (Å²) in [5.41, 5.74) is 2.35. The highest BCUT2D eigenvalue weighted by molar-refractivity contribution is 5.85. The zero-order valence-electron chi connectivity index (χ0n) is 14.3. The molecule has 126 valence electrons. The van der Waals surface area contributed by atoms with Gasteiger partial charge in [-0.25, -0.2) is 0 Å². The predicted octanol–water partition coefficient (Wildman–Crippen LogP) is 1.25. The van der Waals surface area contributed by atoms with Crippen LogP contribution >= 0.6 is 0 Å². The SMILES string of the molecule is Cc1ccc(CCC(=O)NCC(=O)N2CCNC(C)C2C)cc1. The van der Waals surface area contributed by atoms with Crippen molar-refractivity contribution in [3.8, 4) is 0 Å². The molecule has 1 heterocycles. The van der Waals surface area contributed by atoms with E-state index in [1.54, 1.807) is 0 Å². The Morgan fingerprint density at radius 1 is 1.26 bits per heavy atom. The van der Waals surface area contributed by atoms with Gasteiger partial charge in [-0.2, -0.15) is 0 Å². The standard InChI is InChI=1S/C18H27N3O2/c1-13-4-6-16(7-5-13)8-9-17(22)20-12-18(23)21-11-10-19-14(2)15(21)3/h4-7,14-15,19H,8-12H2,1-3H3,(H,20,22). The number of amides is 2. The van der Waals surface area contributed by atoms with E-state index < -0.39 is 0 Å². The molecule has 2 amide bonds. The van der Waals surface area contributed by atoms with Gasteiger partial charge in [0, 0.05) is 31.6 Å². The Hall–Kier alpha value is -1.88. The normalized spacial score (nSPS) is 21.1. The second kappa shape index (κ2) is 8.11. The van der Waals surface area contributed by atoms with Crippen molar-refractivity contribution in [2.75, 3.05) is 19.6 Å². The van der Waals surface area contributed by atoms with Gasteiger partial charge in [0.25, 0.3) is 0 Å². The van der Waals surface area contributed by atoms with Crippen molar-refractivity contribution in [2.45, 2.75) is 45.7 Å². The van der Waals surface area contributed by atoms with Gasteiger partial charge in [-0.15, -0.1) is 0 Å². The summed E-state index contributed by atoms with van der Waals surface area (Å²) in [4.78, 5) is 26.0. The summed E-state index contributed by atoms with van der Waals surface area (Å²) in [6.07, 6.45) is 1.10. The number of rotatable bonds is 5. The first-order valence-corrected chi connectivity index (χ1v) is 8.32. The number of carbonyl (C=O) groups excluding carboxylic acids is 2. The van der Waals surface area contributed by atoms with Crippen LogP contribution in [0.25, 0.3) is 0 Å². The number of nitrogens with zero attached hydrogens (tertiary/aromatic N) is 1. The van der Waals surface area contributed by atoms with Gasteiger partial charge in [-0.05, 0) is 32.8 Å². The van der Waals surface area contributed by atoms with Crippen LogP contribution in [0.4, 0.5) is 0 Å². The van der Waals surface area contributed by atoms with E-state index in [4.69, 9.17) is 0 Å². The Kier molecular flexibility index (Phi) is 6.16. The number of hydrogen-bond donors (Lipinski definition) is 2. The third-order valence-corrected chi connectivity index (χ3v) is 4.55. The summed E-state index contributed by atoms with van der Waals surface area (Å²) in [7, 11) is 0. The average Bonchev–Trinajstić information content (AvgIpc) is 2.54. The summed E-state index contributed by atoms with van der Waals surface area (Å²) in [5, 5.41) is 6.09. The first-order chi connectivity index (χ1) is 11.0. The fraction of sp³-hybridized carbons (Fsp3) is 0.556. The first-order valence-electron chi connectivity index (χ1n) is 8.32. The van der Waals surface area contributed by atoms with E-state index >= 15 is 0 Å².